The SMILES string of the molecule is Cc1cc(Nc2nc(Cl)cs2)cc(C)c1Br. The molecule has 5 heteroatoms. The van der Waals surface area contributed by atoms with Gasteiger partial charge in [0.25, 0.3) is 0 Å². The number of aromatic nitrogens is 1. The van der Waals surface area contributed by atoms with Gasteiger partial charge in [-0.15, -0.1) is 11.3 Å². The number of nitrogens with one attached hydrogen (secondary N) is 1. The summed E-state index contributed by atoms with van der Waals surface area (Å²) in [6.07, 6.45) is 0. The van der Waals surface area contributed by atoms with Gasteiger partial charge in [-0.3, -0.25) is 0 Å². The summed E-state index contributed by atoms with van der Waals surface area (Å²) in [5.41, 5.74) is 3.43. The second kappa shape index (κ2) is 4.73. The van der Waals surface area contributed by atoms with Crippen molar-refractivity contribution in [3.05, 3.63) is 38.3 Å². The lowest BCUT2D eigenvalue weighted by Crippen LogP contribution is -1.92. The fourth-order valence-electron chi connectivity index (χ4n) is 1.45. The smallest absolute Gasteiger partial charge is 0.188 e. The molecule has 16 heavy (non-hydrogen) atoms. The molecule has 2 rings (SSSR count). The average Bonchev–Trinajstić information content (AvgIpc) is 2.60. The van der Waals surface area contributed by atoms with Crippen molar-refractivity contribution in [3.63, 3.8) is 0 Å². The van der Waals surface area contributed by atoms with Crippen molar-refractivity contribution < 1.29 is 0 Å². The van der Waals surface area contributed by atoms with Crippen LogP contribution in [0.4, 0.5) is 10.8 Å². The van der Waals surface area contributed by atoms with Crippen LogP contribution in [0.25, 0.3) is 0 Å². The first-order valence-electron chi connectivity index (χ1n) is 4.71. The molecular weight excluding hydrogens is 308 g/mol. The van der Waals surface area contributed by atoms with Crippen LogP contribution in [0.3, 0.4) is 0 Å². The highest BCUT2D eigenvalue weighted by Crippen LogP contribution is 2.28. The standard InChI is InChI=1S/C11H10BrClN2S/c1-6-3-8(4-7(2)10(6)12)14-11-15-9(13)5-16-11/h3-5H,1-2H3,(H,14,15). The summed E-state index contributed by atoms with van der Waals surface area (Å²) < 4.78 is 1.15. The Bertz CT molecular complexity index is 501. The summed E-state index contributed by atoms with van der Waals surface area (Å²) >= 11 is 10.8. The van der Waals surface area contributed by atoms with Gasteiger partial charge in [0, 0.05) is 15.5 Å². The molecule has 1 aromatic carbocycles. The molecule has 0 aliphatic heterocycles. The number of hydrogen-bond acceptors (Lipinski definition) is 3. The number of hydrogen-bond donors (Lipinski definition) is 1. The monoisotopic (exact) mass is 316 g/mol. The second-order valence-corrected chi connectivity index (χ2v) is 5.56. The Kier molecular flexibility index (Phi) is 3.52. The summed E-state index contributed by atoms with van der Waals surface area (Å²) in [5.74, 6) is 0. The van der Waals surface area contributed by atoms with Crippen molar-refractivity contribution in [1.82, 2.24) is 4.98 Å². The zero-order valence-corrected chi connectivity index (χ0v) is 12.0. The summed E-state index contributed by atoms with van der Waals surface area (Å²) in [5, 5.41) is 6.38. The van der Waals surface area contributed by atoms with Gasteiger partial charge in [-0.2, -0.15) is 0 Å². The second-order valence-electron chi connectivity index (χ2n) is 3.52. The molecule has 0 saturated carbocycles. The van der Waals surface area contributed by atoms with Gasteiger partial charge >= 0.3 is 0 Å². The van der Waals surface area contributed by atoms with Gasteiger partial charge in [-0.05, 0) is 37.1 Å². The van der Waals surface area contributed by atoms with Gasteiger partial charge in [0.1, 0.15) is 5.15 Å². The van der Waals surface area contributed by atoms with Crippen LogP contribution < -0.4 is 5.32 Å². The van der Waals surface area contributed by atoms with E-state index < -0.39 is 0 Å². The highest BCUT2D eigenvalue weighted by atomic mass is 79.9. The van der Waals surface area contributed by atoms with E-state index in [1.54, 1.807) is 0 Å². The molecule has 0 saturated heterocycles. The van der Waals surface area contributed by atoms with Crippen LogP contribution in [0.5, 0.6) is 0 Å². The molecule has 0 spiro atoms. The van der Waals surface area contributed by atoms with Crippen LogP contribution in [0.2, 0.25) is 5.15 Å². The summed E-state index contributed by atoms with van der Waals surface area (Å²) in [6.45, 7) is 4.13. The highest BCUT2D eigenvalue weighted by molar-refractivity contribution is 9.10. The predicted molar refractivity (Wildman–Crippen MR) is 74.0 cm³/mol. The van der Waals surface area contributed by atoms with E-state index in [4.69, 9.17) is 11.6 Å². The average molecular weight is 318 g/mol. The molecule has 0 amide bonds. The Hall–Kier alpha value is -0.580. The molecule has 1 aromatic heterocycles. The maximum absolute atomic E-state index is 5.77. The van der Waals surface area contributed by atoms with Crippen LogP contribution in [-0.4, -0.2) is 4.98 Å². The minimum Gasteiger partial charge on any atom is -0.331 e. The van der Waals surface area contributed by atoms with Crippen LogP contribution in [0, 0.1) is 13.8 Å². The zero-order chi connectivity index (χ0) is 11.7. The molecule has 0 fully saturated rings. The van der Waals surface area contributed by atoms with E-state index in [-0.39, 0.29) is 0 Å². The zero-order valence-electron chi connectivity index (χ0n) is 8.84. The van der Waals surface area contributed by atoms with Gasteiger partial charge in [-0.1, -0.05) is 27.5 Å². The van der Waals surface area contributed by atoms with Gasteiger partial charge in [0.05, 0.1) is 0 Å². The third-order valence-electron chi connectivity index (χ3n) is 2.16. The molecule has 0 unspecified atom stereocenters. The molecule has 0 bridgehead atoms. The van der Waals surface area contributed by atoms with Crippen molar-refractivity contribution in [2.45, 2.75) is 13.8 Å². The highest BCUT2D eigenvalue weighted by Gasteiger charge is 2.04. The molecule has 0 aliphatic carbocycles. The first-order chi connectivity index (χ1) is 7.56. The molecule has 2 aromatic rings. The predicted octanol–water partition coefficient (Wildman–Crippen LogP) is 4.92. The fourth-order valence-corrected chi connectivity index (χ4v) is 2.54. The Balaban J connectivity index is 2.28. The van der Waals surface area contributed by atoms with Gasteiger partial charge in [0.15, 0.2) is 5.13 Å². The number of halogens is 2. The Morgan fingerprint density at radius 3 is 2.44 bits per heavy atom. The van der Waals surface area contributed by atoms with Crippen molar-refractivity contribution in [2.24, 2.45) is 0 Å². The molecule has 84 valence electrons. The Morgan fingerprint density at radius 2 is 1.94 bits per heavy atom. The van der Waals surface area contributed by atoms with Crippen LogP contribution in [0.15, 0.2) is 22.0 Å². The van der Waals surface area contributed by atoms with E-state index in [0.29, 0.717) is 5.15 Å². The van der Waals surface area contributed by atoms with E-state index >= 15 is 0 Å². The molecule has 1 heterocycles. The lowest BCUT2D eigenvalue weighted by molar-refractivity contribution is 1.32. The number of nitrogens with zero attached hydrogens (tertiary/aromatic N) is 1. The van der Waals surface area contributed by atoms with Crippen molar-refractivity contribution in [3.8, 4) is 0 Å². The quantitative estimate of drug-likeness (QED) is 0.850. The van der Waals surface area contributed by atoms with Crippen LogP contribution in [0.1, 0.15) is 11.1 Å². The Labute approximate surface area is 112 Å². The minimum atomic E-state index is 0.526. The van der Waals surface area contributed by atoms with Crippen LogP contribution >= 0.6 is 38.9 Å². The lowest BCUT2D eigenvalue weighted by atomic mass is 10.1. The number of aryl methyl sites for hydroxylation is 2. The Morgan fingerprint density at radius 1 is 1.31 bits per heavy atom. The van der Waals surface area contributed by atoms with Crippen LogP contribution in [-0.2, 0) is 0 Å². The van der Waals surface area contributed by atoms with Gasteiger partial charge in [0.2, 0.25) is 0 Å². The molecule has 2 nitrogen and oxygen atoms in total. The van der Waals surface area contributed by atoms with Gasteiger partial charge < -0.3 is 5.32 Å². The lowest BCUT2D eigenvalue weighted by Gasteiger charge is -2.08. The molecule has 0 radical (unpaired) electrons. The largest absolute Gasteiger partial charge is 0.331 e. The normalized spacial score (nSPS) is 10.5. The minimum absolute atomic E-state index is 0.526. The molecular formula is C11H10BrClN2S. The molecule has 0 aliphatic rings. The van der Waals surface area contributed by atoms with E-state index in [9.17, 15) is 0 Å². The maximum atomic E-state index is 5.77. The summed E-state index contributed by atoms with van der Waals surface area (Å²) in [6, 6.07) is 4.15. The van der Waals surface area contributed by atoms with Crippen molar-refractivity contribution in [1.29, 1.82) is 0 Å². The van der Waals surface area contributed by atoms with E-state index in [2.05, 4.69) is 52.2 Å². The van der Waals surface area contributed by atoms with E-state index in [1.165, 1.54) is 22.5 Å². The summed E-state index contributed by atoms with van der Waals surface area (Å²) in [4.78, 5) is 4.15. The number of benzene rings is 1. The summed E-state index contributed by atoms with van der Waals surface area (Å²) in [7, 11) is 0. The molecule has 1 N–H and O–H groups in total. The first-order valence-corrected chi connectivity index (χ1v) is 6.76. The van der Waals surface area contributed by atoms with Crippen molar-refractivity contribution in [2.75, 3.05) is 5.32 Å². The van der Waals surface area contributed by atoms with Crippen molar-refractivity contribution >= 4 is 49.7 Å². The fraction of sp³-hybridized carbons (Fsp3) is 0.182. The third-order valence-corrected chi connectivity index (χ3v) is 4.50. The molecule has 0 atom stereocenters. The first kappa shape index (κ1) is 11.9. The van der Waals surface area contributed by atoms with Gasteiger partial charge in [-0.25, -0.2) is 4.98 Å². The third kappa shape index (κ3) is 2.56. The van der Waals surface area contributed by atoms with E-state index in [1.807, 2.05) is 5.38 Å². The number of rotatable bonds is 2. The number of thiazole rings is 1. The topological polar surface area (TPSA) is 24.9 Å². The van der Waals surface area contributed by atoms with E-state index in [0.717, 1.165) is 15.3 Å². The number of anilines is 2. The maximum Gasteiger partial charge on any atom is 0.188 e.